The Balaban J connectivity index is 2.66. The lowest BCUT2D eigenvalue weighted by Crippen LogP contribution is -2.64. The van der Waals surface area contributed by atoms with Gasteiger partial charge in [-0.05, 0) is 64.8 Å². The Bertz CT molecular complexity index is 828. The van der Waals surface area contributed by atoms with Crippen LogP contribution in [0.2, 0.25) is 0 Å². The van der Waals surface area contributed by atoms with Gasteiger partial charge in [0, 0.05) is 6.42 Å². The molecule has 1 atom stereocenters. The van der Waals surface area contributed by atoms with Gasteiger partial charge in [-0.2, -0.15) is 4.90 Å². The van der Waals surface area contributed by atoms with Crippen LogP contribution in [0.5, 0.6) is 0 Å². The average Bonchev–Trinajstić information content (AvgIpc) is 2.52. The number of fused-ring (bicyclic) bond motifs is 1. The Hall–Kier alpha value is -2.71. The molecule has 0 N–H and O–H groups in total. The fraction of sp³-hybridized carbons (Fsp3) is 0.550. The molecule has 1 aromatic rings. The van der Waals surface area contributed by atoms with E-state index in [2.05, 4.69) is 0 Å². The number of rotatable bonds is 2. The lowest BCUT2D eigenvalue weighted by Gasteiger charge is -2.47. The third kappa shape index (κ3) is 4.33. The van der Waals surface area contributed by atoms with Crippen LogP contribution in [-0.4, -0.2) is 41.4 Å². The first-order valence-electron chi connectivity index (χ1n) is 8.95. The van der Waals surface area contributed by atoms with Crippen LogP contribution in [-0.2, 0) is 31.0 Å². The lowest BCUT2D eigenvalue weighted by molar-refractivity contribution is -0.157. The zero-order valence-corrected chi connectivity index (χ0v) is 17.5. The van der Waals surface area contributed by atoms with Crippen LogP contribution >= 0.6 is 0 Å². The average molecular weight is 413 g/mol. The fourth-order valence-corrected chi connectivity index (χ4v) is 3.03. The van der Waals surface area contributed by atoms with Crippen LogP contribution in [0.4, 0.5) is 18.4 Å². The molecule has 0 spiro atoms. The molecule has 0 heterocycles. The summed E-state index contributed by atoms with van der Waals surface area (Å²) >= 11 is 0. The Morgan fingerprint density at radius 1 is 0.931 bits per heavy atom. The van der Waals surface area contributed by atoms with Crippen molar-refractivity contribution < 1.29 is 37.4 Å². The van der Waals surface area contributed by atoms with Crippen molar-refractivity contribution in [2.45, 2.75) is 64.7 Å². The summed E-state index contributed by atoms with van der Waals surface area (Å²) in [7, 11) is 1.06. The largest absolute Gasteiger partial charge is 0.467 e. The normalized spacial score (nSPS) is 18.2. The van der Waals surface area contributed by atoms with E-state index in [1.54, 1.807) is 41.5 Å². The van der Waals surface area contributed by atoms with E-state index in [-0.39, 0.29) is 17.5 Å². The third-order valence-corrected chi connectivity index (χ3v) is 4.09. The van der Waals surface area contributed by atoms with Crippen molar-refractivity contribution in [2.75, 3.05) is 7.11 Å². The highest BCUT2D eigenvalue weighted by atomic mass is 19.2. The molecule has 1 aromatic carbocycles. The van der Waals surface area contributed by atoms with Gasteiger partial charge < -0.3 is 14.2 Å². The van der Waals surface area contributed by atoms with E-state index in [9.17, 15) is 23.2 Å². The first-order valence-corrected chi connectivity index (χ1v) is 8.95. The fourth-order valence-electron chi connectivity index (χ4n) is 3.03. The van der Waals surface area contributed by atoms with Crippen LogP contribution in [0, 0.1) is 11.6 Å². The Labute approximate surface area is 167 Å². The van der Waals surface area contributed by atoms with Crippen LogP contribution in [0.15, 0.2) is 12.1 Å². The summed E-state index contributed by atoms with van der Waals surface area (Å²) in [6.07, 6.45) is -2.62. The molecule has 29 heavy (non-hydrogen) atoms. The van der Waals surface area contributed by atoms with Gasteiger partial charge in [-0.1, -0.05) is 0 Å². The molecular weight excluding hydrogens is 388 g/mol. The van der Waals surface area contributed by atoms with Gasteiger partial charge in [0.05, 0.1) is 7.11 Å². The van der Waals surface area contributed by atoms with Gasteiger partial charge in [0.25, 0.3) is 0 Å². The van der Waals surface area contributed by atoms with Crippen molar-refractivity contribution in [3.05, 3.63) is 34.9 Å². The van der Waals surface area contributed by atoms with Gasteiger partial charge >= 0.3 is 18.2 Å². The smallest absolute Gasteiger partial charge is 0.421 e. The van der Waals surface area contributed by atoms with Crippen molar-refractivity contribution in [3.8, 4) is 0 Å². The second-order valence-electron chi connectivity index (χ2n) is 8.75. The Kier molecular flexibility index (Phi) is 5.66. The van der Waals surface area contributed by atoms with E-state index in [0.29, 0.717) is 4.90 Å². The molecular formula is C20H25F2NO6. The van der Waals surface area contributed by atoms with E-state index in [4.69, 9.17) is 14.2 Å². The van der Waals surface area contributed by atoms with Crippen molar-refractivity contribution in [3.63, 3.8) is 0 Å². The first-order chi connectivity index (χ1) is 13.1. The molecule has 2 amide bonds. The molecule has 160 valence electrons. The zero-order valence-electron chi connectivity index (χ0n) is 17.5. The molecule has 2 rings (SSSR count). The maximum absolute atomic E-state index is 13.9. The summed E-state index contributed by atoms with van der Waals surface area (Å²) in [5.74, 6) is -3.35. The quantitative estimate of drug-likeness (QED) is 0.537. The number of amides is 2. The predicted molar refractivity (Wildman–Crippen MR) is 98.1 cm³/mol. The van der Waals surface area contributed by atoms with Gasteiger partial charge in [0.1, 0.15) is 11.2 Å². The van der Waals surface area contributed by atoms with Crippen LogP contribution in [0.3, 0.4) is 0 Å². The summed E-state index contributed by atoms with van der Waals surface area (Å²) in [5.41, 5.74) is -3.86. The standard InChI is InChI=1S/C20H25F2NO6/c1-18(2,3)28-16(25)23(17(26)29-19(4,5)6)20(15(24)27-7)10-11-8-13(21)14(22)9-12(11)20/h8-9H,10H2,1-7H3. The molecule has 0 saturated heterocycles. The number of imide groups is 1. The molecule has 1 aliphatic carbocycles. The summed E-state index contributed by atoms with van der Waals surface area (Å²) in [4.78, 5) is 39.1. The highest BCUT2D eigenvalue weighted by Crippen LogP contribution is 2.47. The van der Waals surface area contributed by atoms with Crippen molar-refractivity contribution in [1.82, 2.24) is 4.90 Å². The number of esters is 1. The van der Waals surface area contributed by atoms with Gasteiger partial charge in [-0.25, -0.2) is 23.2 Å². The van der Waals surface area contributed by atoms with Crippen LogP contribution in [0.25, 0.3) is 0 Å². The second kappa shape index (κ2) is 7.27. The number of methoxy groups -OCH3 is 1. The number of hydrogen-bond acceptors (Lipinski definition) is 6. The molecule has 0 aliphatic heterocycles. The summed E-state index contributed by atoms with van der Waals surface area (Å²) < 4.78 is 42.9. The van der Waals surface area contributed by atoms with E-state index < -0.39 is 46.5 Å². The van der Waals surface area contributed by atoms with Crippen LogP contribution < -0.4 is 0 Å². The zero-order chi connectivity index (χ0) is 22.4. The summed E-state index contributed by atoms with van der Waals surface area (Å²) in [6, 6.07) is 1.68. The SMILES string of the molecule is COC(=O)C1(N(C(=O)OC(C)(C)C)C(=O)OC(C)(C)C)Cc2cc(F)c(F)cc21. The predicted octanol–water partition coefficient (Wildman–Crippen LogP) is 4.06. The molecule has 0 aromatic heterocycles. The molecule has 9 heteroatoms. The van der Waals surface area contributed by atoms with E-state index in [0.717, 1.165) is 19.2 Å². The third-order valence-electron chi connectivity index (χ3n) is 4.09. The number of hydrogen-bond donors (Lipinski definition) is 0. The maximum Gasteiger partial charge on any atom is 0.421 e. The molecule has 0 fully saturated rings. The van der Waals surface area contributed by atoms with Gasteiger partial charge in [0.2, 0.25) is 0 Å². The molecule has 0 bridgehead atoms. The Morgan fingerprint density at radius 2 is 1.38 bits per heavy atom. The number of nitrogens with zero attached hydrogens (tertiary/aromatic N) is 1. The topological polar surface area (TPSA) is 82.1 Å². The van der Waals surface area contributed by atoms with Crippen molar-refractivity contribution in [1.29, 1.82) is 0 Å². The molecule has 0 radical (unpaired) electrons. The highest BCUT2D eigenvalue weighted by Gasteiger charge is 2.61. The van der Waals surface area contributed by atoms with E-state index in [1.807, 2.05) is 0 Å². The first kappa shape index (κ1) is 22.6. The van der Waals surface area contributed by atoms with E-state index >= 15 is 0 Å². The monoisotopic (exact) mass is 413 g/mol. The number of benzene rings is 1. The Morgan fingerprint density at radius 3 is 1.79 bits per heavy atom. The molecule has 1 unspecified atom stereocenters. The molecule has 0 saturated carbocycles. The number of ether oxygens (including phenoxy) is 3. The van der Waals surface area contributed by atoms with Crippen molar-refractivity contribution >= 4 is 18.2 Å². The van der Waals surface area contributed by atoms with E-state index in [1.165, 1.54) is 0 Å². The molecule has 7 nitrogen and oxygen atoms in total. The van der Waals surface area contributed by atoms with Gasteiger partial charge in [-0.3, -0.25) is 0 Å². The summed E-state index contributed by atoms with van der Waals surface area (Å²) in [6.45, 7) is 9.46. The number of carbonyl (C=O) groups excluding carboxylic acids is 3. The minimum atomic E-state index is -2.04. The van der Waals surface area contributed by atoms with Crippen LogP contribution in [0.1, 0.15) is 52.7 Å². The summed E-state index contributed by atoms with van der Waals surface area (Å²) in [5, 5.41) is 0. The van der Waals surface area contributed by atoms with Gasteiger partial charge in [0.15, 0.2) is 17.2 Å². The van der Waals surface area contributed by atoms with Crippen molar-refractivity contribution in [2.24, 2.45) is 0 Å². The number of halogens is 2. The second-order valence-corrected chi connectivity index (χ2v) is 8.75. The maximum atomic E-state index is 13.9. The lowest BCUT2D eigenvalue weighted by atomic mass is 9.69. The minimum absolute atomic E-state index is 0.0695. The highest BCUT2D eigenvalue weighted by molar-refractivity contribution is 5.99. The number of carbonyl (C=O) groups is 3. The minimum Gasteiger partial charge on any atom is -0.467 e. The molecule has 1 aliphatic rings. The van der Waals surface area contributed by atoms with Gasteiger partial charge in [-0.15, -0.1) is 0 Å².